The van der Waals surface area contributed by atoms with Crippen molar-refractivity contribution in [3.05, 3.63) is 17.2 Å². The summed E-state index contributed by atoms with van der Waals surface area (Å²) in [5.74, 6) is -0.330. The van der Waals surface area contributed by atoms with Gasteiger partial charge in [-0.05, 0) is 38.9 Å². The average molecular weight is 281 g/mol. The lowest BCUT2D eigenvalue weighted by Crippen LogP contribution is -2.35. The van der Waals surface area contributed by atoms with Crippen molar-refractivity contribution in [3.8, 4) is 0 Å². The summed E-state index contributed by atoms with van der Waals surface area (Å²) in [5.41, 5.74) is 0.787. The first-order chi connectivity index (χ1) is 9.28. The molecule has 0 spiro atoms. The van der Waals surface area contributed by atoms with Crippen LogP contribution < -0.4 is 10.6 Å². The smallest absolute Gasteiger partial charge is 0.330 e. The summed E-state index contributed by atoms with van der Waals surface area (Å²) in [7, 11) is 0. The average Bonchev–Trinajstić information content (AvgIpc) is 2.86. The van der Waals surface area contributed by atoms with Crippen molar-refractivity contribution in [1.29, 1.82) is 0 Å². The number of hydrogen-bond acceptors (Lipinski definition) is 6. The van der Waals surface area contributed by atoms with E-state index in [0.717, 1.165) is 36.8 Å². The SMILES string of the molecule is CCOC(=O)/C=C/c1csc(NC2CCNCC2)n1. The van der Waals surface area contributed by atoms with E-state index in [-0.39, 0.29) is 5.97 Å². The van der Waals surface area contributed by atoms with Gasteiger partial charge in [-0.3, -0.25) is 0 Å². The lowest BCUT2D eigenvalue weighted by atomic mass is 10.1. The van der Waals surface area contributed by atoms with Crippen LogP contribution in [0.5, 0.6) is 0 Å². The first kappa shape index (κ1) is 14.0. The second-order valence-electron chi connectivity index (χ2n) is 4.33. The van der Waals surface area contributed by atoms with Crippen LogP contribution >= 0.6 is 11.3 Å². The molecule has 0 unspecified atom stereocenters. The molecule has 1 aromatic rings. The van der Waals surface area contributed by atoms with Gasteiger partial charge >= 0.3 is 5.97 Å². The highest BCUT2D eigenvalue weighted by Gasteiger charge is 2.13. The number of thiazole rings is 1. The number of anilines is 1. The zero-order valence-corrected chi connectivity index (χ0v) is 11.8. The second-order valence-corrected chi connectivity index (χ2v) is 5.19. The summed E-state index contributed by atoms with van der Waals surface area (Å²) in [5, 5.41) is 9.60. The third kappa shape index (κ3) is 4.65. The molecule has 19 heavy (non-hydrogen) atoms. The number of carbonyl (C=O) groups excluding carboxylic acids is 1. The van der Waals surface area contributed by atoms with E-state index < -0.39 is 0 Å². The lowest BCUT2D eigenvalue weighted by Gasteiger charge is -2.23. The van der Waals surface area contributed by atoms with Crippen LogP contribution in [0.25, 0.3) is 6.08 Å². The van der Waals surface area contributed by atoms with Crippen molar-refractivity contribution in [2.45, 2.75) is 25.8 Å². The summed E-state index contributed by atoms with van der Waals surface area (Å²) in [6.07, 6.45) is 5.33. The molecule has 0 saturated carbocycles. The molecule has 0 atom stereocenters. The Labute approximate surface area is 117 Å². The maximum Gasteiger partial charge on any atom is 0.330 e. The molecular formula is C13H19N3O2S. The van der Waals surface area contributed by atoms with E-state index in [1.165, 1.54) is 6.08 Å². The molecule has 104 valence electrons. The van der Waals surface area contributed by atoms with Crippen LogP contribution in [0.4, 0.5) is 5.13 Å². The maximum atomic E-state index is 11.2. The van der Waals surface area contributed by atoms with Crippen LogP contribution in [0, 0.1) is 0 Å². The third-order valence-corrected chi connectivity index (χ3v) is 3.66. The Morgan fingerprint density at radius 3 is 3.16 bits per heavy atom. The summed E-state index contributed by atoms with van der Waals surface area (Å²) in [6, 6.07) is 0.495. The van der Waals surface area contributed by atoms with Crippen LogP contribution in [-0.2, 0) is 9.53 Å². The molecule has 0 radical (unpaired) electrons. The molecule has 5 nitrogen and oxygen atoms in total. The fourth-order valence-corrected chi connectivity index (χ4v) is 2.67. The van der Waals surface area contributed by atoms with E-state index >= 15 is 0 Å². The van der Waals surface area contributed by atoms with Gasteiger partial charge in [0.1, 0.15) is 0 Å². The first-order valence-electron chi connectivity index (χ1n) is 6.55. The highest BCUT2D eigenvalue weighted by atomic mass is 32.1. The molecule has 1 aliphatic rings. The largest absolute Gasteiger partial charge is 0.463 e. The van der Waals surface area contributed by atoms with Gasteiger partial charge in [-0.25, -0.2) is 9.78 Å². The number of esters is 1. The van der Waals surface area contributed by atoms with Gasteiger partial charge in [0.05, 0.1) is 12.3 Å². The molecule has 1 fully saturated rings. The monoisotopic (exact) mass is 281 g/mol. The van der Waals surface area contributed by atoms with E-state index in [1.807, 2.05) is 5.38 Å². The van der Waals surface area contributed by atoms with Gasteiger partial charge in [0, 0.05) is 17.5 Å². The van der Waals surface area contributed by atoms with Crippen LogP contribution in [0.1, 0.15) is 25.5 Å². The summed E-state index contributed by atoms with van der Waals surface area (Å²) in [6.45, 7) is 4.29. The first-order valence-corrected chi connectivity index (χ1v) is 7.43. The van der Waals surface area contributed by atoms with E-state index in [0.29, 0.717) is 12.6 Å². The molecule has 0 bridgehead atoms. The zero-order chi connectivity index (χ0) is 13.5. The predicted octanol–water partition coefficient (Wildman–Crippen LogP) is 1.88. The molecule has 2 N–H and O–H groups in total. The third-order valence-electron chi connectivity index (χ3n) is 2.87. The minimum Gasteiger partial charge on any atom is -0.463 e. The van der Waals surface area contributed by atoms with Crippen LogP contribution in [0.3, 0.4) is 0 Å². The van der Waals surface area contributed by atoms with Crippen LogP contribution in [-0.4, -0.2) is 36.7 Å². The number of carbonyl (C=O) groups is 1. The van der Waals surface area contributed by atoms with Gasteiger partial charge < -0.3 is 15.4 Å². The molecule has 1 saturated heterocycles. The van der Waals surface area contributed by atoms with Gasteiger partial charge in [0.15, 0.2) is 5.13 Å². The standard InChI is InChI=1S/C13H19N3O2S/c1-2-18-12(17)4-3-11-9-19-13(16-11)15-10-5-7-14-8-6-10/h3-4,9-10,14H,2,5-8H2,1H3,(H,15,16)/b4-3+. The van der Waals surface area contributed by atoms with E-state index in [9.17, 15) is 4.79 Å². The highest BCUT2D eigenvalue weighted by Crippen LogP contribution is 2.19. The fraction of sp³-hybridized carbons (Fsp3) is 0.538. The molecular weight excluding hydrogens is 262 g/mol. The number of hydrogen-bond donors (Lipinski definition) is 2. The van der Waals surface area contributed by atoms with E-state index in [1.54, 1.807) is 24.3 Å². The van der Waals surface area contributed by atoms with Crippen molar-refractivity contribution >= 4 is 28.5 Å². The van der Waals surface area contributed by atoms with Crippen molar-refractivity contribution in [2.75, 3.05) is 25.0 Å². The van der Waals surface area contributed by atoms with Crippen molar-refractivity contribution in [3.63, 3.8) is 0 Å². The minimum atomic E-state index is -0.330. The Morgan fingerprint density at radius 2 is 2.42 bits per heavy atom. The predicted molar refractivity (Wildman–Crippen MR) is 77.3 cm³/mol. The Balaban J connectivity index is 1.86. The molecule has 0 amide bonds. The van der Waals surface area contributed by atoms with Crippen LogP contribution in [0.15, 0.2) is 11.5 Å². The highest BCUT2D eigenvalue weighted by molar-refractivity contribution is 7.13. The number of aromatic nitrogens is 1. The Bertz CT molecular complexity index is 439. The Morgan fingerprint density at radius 1 is 1.63 bits per heavy atom. The van der Waals surface area contributed by atoms with Crippen molar-refractivity contribution in [2.24, 2.45) is 0 Å². The zero-order valence-electron chi connectivity index (χ0n) is 11.0. The molecule has 0 aromatic carbocycles. The van der Waals surface area contributed by atoms with Crippen LogP contribution in [0.2, 0.25) is 0 Å². The van der Waals surface area contributed by atoms with Gasteiger partial charge in [0.25, 0.3) is 0 Å². The van der Waals surface area contributed by atoms with Gasteiger partial charge in [-0.2, -0.15) is 0 Å². The normalized spacial score (nSPS) is 16.7. The Hall–Kier alpha value is -1.40. The molecule has 2 heterocycles. The summed E-state index contributed by atoms with van der Waals surface area (Å²) in [4.78, 5) is 15.6. The molecule has 1 aromatic heterocycles. The topological polar surface area (TPSA) is 63.2 Å². The number of nitrogens with zero attached hydrogens (tertiary/aromatic N) is 1. The minimum absolute atomic E-state index is 0.330. The number of ether oxygens (including phenoxy) is 1. The molecule has 6 heteroatoms. The molecule has 0 aliphatic carbocycles. The van der Waals surface area contributed by atoms with Gasteiger partial charge in [0.2, 0.25) is 0 Å². The quantitative estimate of drug-likeness (QED) is 0.637. The van der Waals surface area contributed by atoms with Crippen molar-refractivity contribution < 1.29 is 9.53 Å². The van der Waals surface area contributed by atoms with Gasteiger partial charge in [-0.15, -0.1) is 11.3 Å². The maximum absolute atomic E-state index is 11.2. The van der Waals surface area contributed by atoms with E-state index in [4.69, 9.17) is 4.74 Å². The summed E-state index contributed by atoms with van der Waals surface area (Å²) >= 11 is 1.56. The molecule has 2 rings (SSSR count). The number of nitrogens with one attached hydrogen (secondary N) is 2. The van der Waals surface area contributed by atoms with E-state index in [2.05, 4.69) is 15.6 Å². The molecule has 1 aliphatic heterocycles. The summed E-state index contributed by atoms with van der Waals surface area (Å²) < 4.78 is 4.82. The number of rotatable bonds is 5. The fourth-order valence-electron chi connectivity index (χ4n) is 1.91. The number of piperidine rings is 1. The Kier molecular flexibility index (Phi) is 5.35. The van der Waals surface area contributed by atoms with Crippen molar-refractivity contribution in [1.82, 2.24) is 10.3 Å². The second kappa shape index (κ2) is 7.25. The lowest BCUT2D eigenvalue weighted by molar-refractivity contribution is -0.137. The van der Waals surface area contributed by atoms with Gasteiger partial charge in [-0.1, -0.05) is 0 Å².